The van der Waals surface area contributed by atoms with E-state index in [9.17, 15) is 14.0 Å². The summed E-state index contributed by atoms with van der Waals surface area (Å²) < 4.78 is 13.2. The van der Waals surface area contributed by atoms with Crippen LogP contribution in [0.4, 0.5) is 9.18 Å². The smallest absolute Gasteiger partial charge is 0.361 e. The largest absolute Gasteiger partial charge is 0.398 e. The molecule has 0 bridgehead atoms. The summed E-state index contributed by atoms with van der Waals surface area (Å²) in [5.74, 6) is -0.369. The van der Waals surface area contributed by atoms with Crippen LogP contribution in [0, 0.1) is 0 Å². The van der Waals surface area contributed by atoms with Crippen LogP contribution < -0.4 is 10.6 Å². The van der Waals surface area contributed by atoms with Crippen molar-refractivity contribution in [3.05, 3.63) is 71.0 Å². The molecule has 0 saturated carbocycles. The van der Waals surface area contributed by atoms with Gasteiger partial charge >= 0.3 is 6.16 Å². The Morgan fingerprint density at radius 1 is 1.03 bits per heavy atom. The normalized spacial score (nSPS) is 15.9. The van der Waals surface area contributed by atoms with Crippen LogP contribution in [0.3, 0.4) is 0 Å². The predicted molar refractivity (Wildman–Crippen MR) is 135 cm³/mol. The first-order valence-corrected chi connectivity index (χ1v) is 12.1. The zero-order valence-electron chi connectivity index (χ0n) is 19.1. The summed E-state index contributed by atoms with van der Waals surface area (Å²) >= 11 is 6.17. The molecule has 1 aliphatic rings. The SMILES string of the molecule is O=C(F)N[C@@H](Cc1c[nH]c2ccccc12)C(=O)NC1CCN(Cc2c[nH]c3ccc(Cl)cc23)CC1. The Labute approximate surface area is 207 Å². The van der Waals surface area contributed by atoms with Crippen LogP contribution in [0.1, 0.15) is 24.0 Å². The van der Waals surface area contributed by atoms with E-state index < -0.39 is 12.2 Å². The predicted octanol–water partition coefficient (Wildman–Crippen LogP) is 4.67. The maximum Gasteiger partial charge on any atom is 0.398 e. The highest BCUT2D eigenvalue weighted by molar-refractivity contribution is 6.31. The molecule has 182 valence electrons. The molecule has 0 unspecified atom stereocenters. The Hall–Kier alpha value is -3.36. The Bertz CT molecular complexity index is 1360. The van der Waals surface area contributed by atoms with Gasteiger partial charge in [0.25, 0.3) is 0 Å². The summed E-state index contributed by atoms with van der Waals surface area (Å²) in [4.78, 5) is 32.9. The van der Waals surface area contributed by atoms with Crippen LogP contribution in [0.15, 0.2) is 54.9 Å². The summed E-state index contributed by atoms with van der Waals surface area (Å²) in [5, 5.41) is 7.98. The zero-order valence-corrected chi connectivity index (χ0v) is 19.9. The fourth-order valence-electron chi connectivity index (χ4n) is 4.93. The molecule has 0 aliphatic carbocycles. The molecular formula is C26H27ClFN5O2. The van der Waals surface area contributed by atoms with E-state index in [0.717, 1.165) is 59.8 Å². The van der Waals surface area contributed by atoms with E-state index in [1.165, 1.54) is 5.56 Å². The fraction of sp³-hybridized carbons (Fsp3) is 0.308. The Kier molecular flexibility index (Phi) is 6.74. The molecule has 4 N–H and O–H groups in total. The van der Waals surface area contributed by atoms with Crippen LogP contribution in [-0.4, -0.2) is 52.1 Å². The van der Waals surface area contributed by atoms with E-state index in [1.807, 2.05) is 48.7 Å². The highest BCUT2D eigenvalue weighted by Crippen LogP contribution is 2.25. The number of piperidine rings is 1. The summed E-state index contributed by atoms with van der Waals surface area (Å²) in [6, 6.07) is 12.5. The van der Waals surface area contributed by atoms with Crippen LogP contribution in [0.25, 0.3) is 21.8 Å². The standard InChI is InChI=1S/C26H27ClFN5O2/c27-18-5-6-23-21(12-18)17(14-30-23)15-33-9-7-19(8-10-33)31-25(34)24(32-26(28)35)11-16-13-29-22-4-2-1-3-20(16)22/h1-6,12-14,19,24,29-30H,7-11,15H2,(H,31,34)(H,32,35)/t24-/m0/s1. The van der Waals surface area contributed by atoms with Crippen LogP contribution in [0.2, 0.25) is 5.02 Å². The number of likely N-dealkylation sites (tertiary alicyclic amines) is 1. The molecule has 7 nitrogen and oxygen atoms in total. The second-order valence-electron chi connectivity index (χ2n) is 9.10. The summed E-state index contributed by atoms with van der Waals surface area (Å²) in [5.41, 5.74) is 4.03. The lowest BCUT2D eigenvalue weighted by Crippen LogP contribution is -2.52. The lowest BCUT2D eigenvalue weighted by Gasteiger charge is -2.33. The van der Waals surface area contributed by atoms with Gasteiger partial charge in [0.15, 0.2) is 0 Å². The number of carbonyl (C=O) groups is 2. The maximum atomic E-state index is 13.2. The minimum atomic E-state index is -1.71. The van der Waals surface area contributed by atoms with Crippen molar-refractivity contribution in [3.63, 3.8) is 0 Å². The molecule has 35 heavy (non-hydrogen) atoms. The van der Waals surface area contributed by atoms with Crippen molar-refractivity contribution in [3.8, 4) is 0 Å². The minimum absolute atomic E-state index is 0.0295. The van der Waals surface area contributed by atoms with Crippen molar-refractivity contribution in [1.82, 2.24) is 25.5 Å². The first-order valence-electron chi connectivity index (χ1n) is 11.8. The van der Waals surface area contributed by atoms with Gasteiger partial charge in [-0.1, -0.05) is 29.8 Å². The van der Waals surface area contributed by atoms with Crippen LogP contribution >= 0.6 is 11.6 Å². The Morgan fingerprint density at radius 2 is 1.74 bits per heavy atom. The van der Waals surface area contributed by atoms with Crippen molar-refractivity contribution < 1.29 is 14.0 Å². The van der Waals surface area contributed by atoms with E-state index in [0.29, 0.717) is 5.02 Å². The number of benzene rings is 2. The molecule has 1 fully saturated rings. The number of amides is 2. The molecule has 5 rings (SSSR count). The number of carbonyl (C=O) groups excluding carboxylic acids is 2. The number of aromatic amines is 2. The molecule has 2 aromatic heterocycles. The molecule has 4 aromatic rings. The number of fused-ring (bicyclic) bond motifs is 2. The maximum absolute atomic E-state index is 13.2. The van der Waals surface area contributed by atoms with Crippen molar-refractivity contribution in [2.45, 2.75) is 37.9 Å². The van der Waals surface area contributed by atoms with E-state index >= 15 is 0 Å². The highest BCUT2D eigenvalue weighted by Gasteiger charge is 2.27. The third kappa shape index (κ3) is 5.33. The second kappa shape index (κ2) is 10.1. The molecule has 0 radical (unpaired) electrons. The Morgan fingerprint density at radius 3 is 2.51 bits per heavy atom. The molecule has 0 spiro atoms. The molecular weight excluding hydrogens is 469 g/mol. The molecule has 1 aliphatic heterocycles. The third-order valence-electron chi connectivity index (χ3n) is 6.76. The van der Waals surface area contributed by atoms with Gasteiger partial charge in [-0.2, -0.15) is 0 Å². The number of hydrogen-bond donors (Lipinski definition) is 4. The average Bonchev–Trinajstić information content (AvgIpc) is 3.43. The number of hydrogen-bond acceptors (Lipinski definition) is 3. The van der Waals surface area contributed by atoms with Crippen molar-refractivity contribution >= 4 is 45.5 Å². The lowest BCUT2D eigenvalue weighted by atomic mass is 10.0. The minimum Gasteiger partial charge on any atom is -0.361 e. The number of aromatic nitrogens is 2. The van der Waals surface area contributed by atoms with Crippen LogP contribution in [0.5, 0.6) is 0 Å². The summed E-state index contributed by atoms with van der Waals surface area (Å²) in [6.07, 6.45) is 3.86. The van der Waals surface area contributed by atoms with Gasteiger partial charge in [-0.15, -0.1) is 4.39 Å². The number of rotatable bonds is 7. The van der Waals surface area contributed by atoms with E-state index in [-0.39, 0.29) is 18.4 Å². The van der Waals surface area contributed by atoms with Gasteiger partial charge in [0.05, 0.1) is 0 Å². The fourth-order valence-corrected chi connectivity index (χ4v) is 5.10. The highest BCUT2D eigenvalue weighted by atomic mass is 35.5. The van der Waals surface area contributed by atoms with E-state index in [2.05, 4.69) is 25.5 Å². The topological polar surface area (TPSA) is 93.0 Å². The zero-order chi connectivity index (χ0) is 24.4. The van der Waals surface area contributed by atoms with Gasteiger partial charge in [0, 0.05) is 71.3 Å². The number of nitrogens with one attached hydrogen (secondary N) is 4. The molecule has 2 amide bonds. The molecule has 2 aromatic carbocycles. The first kappa shape index (κ1) is 23.4. The van der Waals surface area contributed by atoms with Gasteiger partial charge in [0.1, 0.15) is 6.04 Å². The van der Waals surface area contributed by atoms with Gasteiger partial charge < -0.3 is 20.6 Å². The summed E-state index contributed by atoms with van der Waals surface area (Å²) in [6.45, 7) is 2.43. The van der Waals surface area contributed by atoms with Gasteiger partial charge in [-0.3, -0.25) is 9.69 Å². The van der Waals surface area contributed by atoms with Gasteiger partial charge in [-0.05, 0) is 48.2 Å². The first-order chi connectivity index (χ1) is 17.0. The van der Waals surface area contributed by atoms with Gasteiger partial charge in [0.2, 0.25) is 5.91 Å². The molecule has 3 heterocycles. The van der Waals surface area contributed by atoms with E-state index in [4.69, 9.17) is 11.6 Å². The monoisotopic (exact) mass is 495 g/mol. The van der Waals surface area contributed by atoms with Crippen molar-refractivity contribution in [1.29, 1.82) is 0 Å². The number of para-hydroxylation sites is 1. The number of H-pyrrole nitrogens is 2. The number of halogens is 2. The van der Waals surface area contributed by atoms with Crippen molar-refractivity contribution in [2.75, 3.05) is 13.1 Å². The average molecular weight is 496 g/mol. The van der Waals surface area contributed by atoms with Crippen LogP contribution in [-0.2, 0) is 17.8 Å². The second-order valence-corrected chi connectivity index (χ2v) is 9.53. The van der Waals surface area contributed by atoms with Gasteiger partial charge in [-0.25, -0.2) is 4.79 Å². The molecule has 1 saturated heterocycles. The lowest BCUT2D eigenvalue weighted by molar-refractivity contribution is -0.124. The summed E-state index contributed by atoms with van der Waals surface area (Å²) in [7, 11) is 0. The third-order valence-corrected chi connectivity index (χ3v) is 7.00. The number of nitrogens with zero attached hydrogens (tertiary/aromatic N) is 1. The quantitative estimate of drug-likeness (QED) is 0.222. The van der Waals surface area contributed by atoms with E-state index in [1.54, 1.807) is 6.20 Å². The molecule has 1 atom stereocenters. The Balaban J connectivity index is 1.18. The molecule has 9 heteroatoms. The van der Waals surface area contributed by atoms with Crippen molar-refractivity contribution in [2.24, 2.45) is 0 Å².